The van der Waals surface area contributed by atoms with Crippen molar-refractivity contribution in [2.24, 2.45) is 0 Å². The molecule has 2 rings (SSSR count). The molecule has 144 valence electrons. The molecule has 6 nitrogen and oxygen atoms in total. The molecule has 2 aromatic rings. The van der Waals surface area contributed by atoms with Crippen LogP contribution in [0.2, 0.25) is 0 Å². The summed E-state index contributed by atoms with van der Waals surface area (Å²) in [6, 6.07) is 11.2. The number of carbonyl (C=O) groups is 1. The third-order valence-electron chi connectivity index (χ3n) is 3.10. The lowest BCUT2D eigenvalue weighted by Crippen LogP contribution is -2.13. The molecule has 2 aromatic carbocycles. The average molecular weight is 468 g/mol. The van der Waals surface area contributed by atoms with Crippen LogP contribution < -0.4 is 5.32 Å². The molecular formula is C16H13Cl3N2O4S2. The van der Waals surface area contributed by atoms with Crippen LogP contribution >= 0.6 is 56.4 Å². The Hall–Kier alpha value is -1.32. The standard InChI is InChI=1S/C16H13Cl3N2O4S2/c1-2-25-15(22)20-12-5-3-4-6-14(12)27-26-13-8-7-10(21(23)24)9-11(13)16(17,18)19/h3-9H,2H2,1H3,(H,20,22). The summed E-state index contributed by atoms with van der Waals surface area (Å²) < 4.78 is 3.06. The maximum absolute atomic E-state index is 11.7. The van der Waals surface area contributed by atoms with Crippen molar-refractivity contribution in [1.82, 2.24) is 0 Å². The third kappa shape index (κ3) is 6.36. The number of halogens is 3. The summed E-state index contributed by atoms with van der Waals surface area (Å²) in [5.74, 6) is 0. The van der Waals surface area contributed by atoms with Gasteiger partial charge in [-0.15, -0.1) is 0 Å². The van der Waals surface area contributed by atoms with Gasteiger partial charge in [0.15, 0.2) is 0 Å². The number of carbonyl (C=O) groups excluding carboxylic acids is 1. The monoisotopic (exact) mass is 466 g/mol. The van der Waals surface area contributed by atoms with Crippen LogP contribution in [0.3, 0.4) is 0 Å². The van der Waals surface area contributed by atoms with Crippen LogP contribution in [-0.4, -0.2) is 17.6 Å². The molecule has 0 aliphatic rings. The molecule has 0 bridgehead atoms. The number of hydrogen-bond donors (Lipinski definition) is 1. The zero-order valence-electron chi connectivity index (χ0n) is 13.8. The molecular weight excluding hydrogens is 455 g/mol. The Labute approximate surface area is 178 Å². The van der Waals surface area contributed by atoms with E-state index in [0.29, 0.717) is 10.6 Å². The highest BCUT2D eigenvalue weighted by Gasteiger charge is 2.29. The summed E-state index contributed by atoms with van der Waals surface area (Å²) >= 11 is 17.9. The lowest BCUT2D eigenvalue weighted by molar-refractivity contribution is -0.385. The van der Waals surface area contributed by atoms with E-state index in [9.17, 15) is 14.9 Å². The Morgan fingerprint density at radius 1 is 1.19 bits per heavy atom. The largest absolute Gasteiger partial charge is 0.450 e. The number of non-ortho nitro benzene ring substituents is 1. The molecule has 0 aromatic heterocycles. The smallest absolute Gasteiger partial charge is 0.411 e. The van der Waals surface area contributed by atoms with Crippen LogP contribution in [0.5, 0.6) is 0 Å². The highest BCUT2D eigenvalue weighted by atomic mass is 35.6. The molecule has 0 unspecified atom stereocenters. The van der Waals surface area contributed by atoms with E-state index in [1.807, 2.05) is 6.07 Å². The van der Waals surface area contributed by atoms with Gasteiger partial charge < -0.3 is 4.74 Å². The van der Waals surface area contributed by atoms with Gasteiger partial charge in [0.2, 0.25) is 3.79 Å². The molecule has 1 N–H and O–H groups in total. The molecule has 0 aliphatic heterocycles. The second-order valence-electron chi connectivity index (χ2n) is 4.94. The van der Waals surface area contributed by atoms with Crippen molar-refractivity contribution in [2.75, 3.05) is 11.9 Å². The molecule has 0 spiro atoms. The molecule has 0 radical (unpaired) electrons. The zero-order chi connectivity index (χ0) is 20.0. The van der Waals surface area contributed by atoms with E-state index in [1.165, 1.54) is 39.8 Å². The van der Waals surface area contributed by atoms with Gasteiger partial charge in [-0.1, -0.05) is 68.5 Å². The molecule has 0 heterocycles. The number of amides is 1. The second kappa shape index (κ2) is 9.75. The number of alkyl halides is 3. The number of para-hydroxylation sites is 1. The van der Waals surface area contributed by atoms with E-state index in [2.05, 4.69) is 5.32 Å². The fourth-order valence-corrected chi connectivity index (χ4v) is 4.93. The Morgan fingerprint density at radius 2 is 1.85 bits per heavy atom. The number of anilines is 1. The highest BCUT2D eigenvalue weighted by Crippen LogP contribution is 2.49. The van der Waals surface area contributed by atoms with Crippen molar-refractivity contribution in [3.05, 3.63) is 58.1 Å². The summed E-state index contributed by atoms with van der Waals surface area (Å²) in [7, 11) is 2.56. The first kappa shape index (κ1) is 22.0. The van der Waals surface area contributed by atoms with E-state index in [-0.39, 0.29) is 17.9 Å². The van der Waals surface area contributed by atoms with Crippen LogP contribution in [0, 0.1) is 10.1 Å². The zero-order valence-corrected chi connectivity index (χ0v) is 17.7. The normalized spacial score (nSPS) is 11.1. The summed E-state index contributed by atoms with van der Waals surface area (Å²) in [6.07, 6.45) is -0.562. The molecule has 0 saturated heterocycles. The minimum atomic E-state index is -1.82. The predicted molar refractivity (Wildman–Crippen MR) is 111 cm³/mol. The van der Waals surface area contributed by atoms with E-state index < -0.39 is 14.8 Å². The second-order valence-corrected chi connectivity index (χ2v) is 9.44. The molecule has 27 heavy (non-hydrogen) atoms. The molecule has 0 saturated carbocycles. The number of nitrogens with one attached hydrogen (secondary N) is 1. The average Bonchev–Trinajstić information content (AvgIpc) is 2.60. The van der Waals surface area contributed by atoms with Crippen LogP contribution in [0.15, 0.2) is 52.3 Å². The van der Waals surface area contributed by atoms with Gasteiger partial charge in [0, 0.05) is 27.5 Å². The van der Waals surface area contributed by atoms with E-state index in [1.54, 1.807) is 25.1 Å². The van der Waals surface area contributed by atoms with Gasteiger partial charge >= 0.3 is 6.09 Å². The summed E-state index contributed by atoms with van der Waals surface area (Å²) in [4.78, 5) is 23.4. The van der Waals surface area contributed by atoms with Gasteiger partial charge in [-0.3, -0.25) is 15.4 Å². The third-order valence-corrected chi connectivity index (χ3v) is 6.19. The quantitative estimate of drug-likeness (QED) is 0.218. The molecule has 0 aliphatic carbocycles. The van der Waals surface area contributed by atoms with Crippen molar-refractivity contribution >= 4 is 73.9 Å². The van der Waals surface area contributed by atoms with Gasteiger partial charge in [-0.25, -0.2) is 4.79 Å². The fourth-order valence-electron chi connectivity index (χ4n) is 1.94. The van der Waals surface area contributed by atoms with Crippen LogP contribution in [0.1, 0.15) is 12.5 Å². The number of nitro groups is 1. The summed E-state index contributed by atoms with van der Waals surface area (Å²) in [5.41, 5.74) is 0.593. The minimum Gasteiger partial charge on any atom is -0.450 e. The molecule has 0 fully saturated rings. The van der Waals surface area contributed by atoms with Crippen molar-refractivity contribution in [3.8, 4) is 0 Å². The Morgan fingerprint density at radius 3 is 2.48 bits per heavy atom. The number of ether oxygens (including phenoxy) is 1. The first-order chi connectivity index (χ1) is 12.7. The highest BCUT2D eigenvalue weighted by molar-refractivity contribution is 8.76. The van der Waals surface area contributed by atoms with Gasteiger partial charge in [0.25, 0.3) is 5.69 Å². The van der Waals surface area contributed by atoms with E-state index in [0.717, 1.165) is 4.90 Å². The number of nitro benzene ring substituents is 1. The van der Waals surface area contributed by atoms with Crippen molar-refractivity contribution < 1.29 is 14.5 Å². The SMILES string of the molecule is CCOC(=O)Nc1ccccc1SSc1ccc([N+](=O)[O-])cc1C(Cl)(Cl)Cl. The topological polar surface area (TPSA) is 81.5 Å². The number of rotatable bonds is 6. The molecule has 1 amide bonds. The van der Waals surface area contributed by atoms with Crippen LogP contribution in [0.4, 0.5) is 16.2 Å². The van der Waals surface area contributed by atoms with E-state index >= 15 is 0 Å². The Balaban J connectivity index is 2.24. The maximum Gasteiger partial charge on any atom is 0.411 e. The molecule has 11 heteroatoms. The Bertz CT molecular complexity index is 847. The van der Waals surface area contributed by atoms with Gasteiger partial charge in [-0.2, -0.15) is 0 Å². The first-order valence-electron chi connectivity index (χ1n) is 7.45. The van der Waals surface area contributed by atoms with Gasteiger partial charge in [0.05, 0.1) is 17.2 Å². The van der Waals surface area contributed by atoms with Crippen molar-refractivity contribution in [3.63, 3.8) is 0 Å². The Kier molecular flexibility index (Phi) is 7.93. The lowest BCUT2D eigenvalue weighted by atomic mass is 10.2. The number of benzene rings is 2. The predicted octanol–water partition coefficient (Wildman–Crippen LogP) is 6.79. The number of nitrogens with zero attached hydrogens (tertiary/aromatic N) is 1. The summed E-state index contributed by atoms with van der Waals surface area (Å²) in [5, 5.41) is 13.6. The molecule has 0 atom stereocenters. The van der Waals surface area contributed by atoms with Gasteiger partial charge in [0.1, 0.15) is 0 Å². The summed E-state index contributed by atoms with van der Waals surface area (Å²) in [6.45, 7) is 1.97. The van der Waals surface area contributed by atoms with Gasteiger partial charge in [-0.05, 0) is 25.1 Å². The van der Waals surface area contributed by atoms with Crippen molar-refractivity contribution in [2.45, 2.75) is 20.5 Å². The van der Waals surface area contributed by atoms with Crippen LogP contribution in [-0.2, 0) is 8.53 Å². The van der Waals surface area contributed by atoms with E-state index in [4.69, 9.17) is 39.5 Å². The number of hydrogen-bond acceptors (Lipinski definition) is 6. The fraction of sp³-hybridized carbons (Fsp3) is 0.188. The van der Waals surface area contributed by atoms with Crippen molar-refractivity contribution in [1.29, 1.82) is 0 Å². The van der Waals surface area contributed by atoms with Crippen LogP contribution in [0.25, 0.3) is 0 Å². The minimum absolute atomic E-state index is 0.171. The lowest BCUT2D eigenvalue weighted by Gasteiger charge is -2.16. The maximum atomic E-state index is 11.7. The first-order valence-corrected chi connectivity index (χ1v) is 10.7.